The summed E-state index contributed by atoms with van der Waals surface area (Å²) in [5.74, 6) is 1.74. The number of aromatic hydroxyl groups is 5. The molecule has 0 aliphatic heterocycles. The normalized spacial score (nSPS) is 13.5. The van der Waals surface area contributed by atoms with Crippen LogP contribution in [0.3, 0.4) is 0 Å². The minimum absolute atomic E-state index is 0.213. The first-order valence-corrected chi connectivity index (χ1v) is 17.9. The maximum Gasteiger partial charge on any atom is 0.122 e. The number of phenols is 5. The highest BCUT2D eigenvalue weighted by Gasteiger charge is 2.25. The van der Waals surface area contributed by atoms with Crippen molar-refractivity contribution in [2.24, 2.45) is 0 Å². The lowest BCUT2D eigenvalue weighted by Gasteiger charge is -2.27. The minimum Gasteiger partial charge on any atom is -0.508 e. The van der Waals surface area contributed by atoms with Gasteiger partial charge in [0.2, 0.25) is 0 Å². The zero-order valence-electron chi connectivity index (χ0n) is 30.0. The van der Waals surface area contributed by atoms with Crippen molar-refractivity contribution in [3.8, 4) is 28.7 Å². The van der Waals surface area contributed by atoms with Crippen molar-refractivity contribution in [3.63, 3.8) is 0 Å². The fourth-order valence-corrected chi connectivity index (χ4v) is 7.96. The molecule has 0 atom stereocenters. The van der Waals surface area contributed by atoms with Crippen molar-refractivity contribution in [3.05, 3.63) is 145 Å². The Morgan fingerprint density at radius 1 is 0.460 bits per heavy atom. The van der Waals surface area contributed by atoms with Crippen LogP contribution in [0.15, 0.2) is 66.7 Å². The smallest absolute Gasteiger partial charge is 0.122 e. The Morgan fingerprint density at radius 2 is 0.860 bits per heavy atom. The van der Waals surface area contributed by atoms with Crippen LogP contribution < -0.4 is 0 Å². The van der Waals surface area contributed by atoms with Gasteiger partial charge in [0.15, 0.2) is 0 Å². The van der Waals surface area contributed by atoms with Crippen LogP contribution in [0, 0.1) is 34.6 Å². The fraction of sp³-hybridized carbons (Fsp3) is 0.333. The summed E-state index contributed by atoms with van der Waals surface area (Å²) in [7, 11) is 0. The van der Waals surface area contributed by atoms with Crippen molar-refractivity contribution in [2.75, 3.05) is 0 Å². The highest BCUT2D eigenvalue weighted by molar-refractivity contribution is 5.59. The van der Waals surface area contributed by atoms with Gasteiger partial charge >= 0.3 is 0 Å². The fourth-order valence-electron chi connectivity index (χ4n) is 7.96. The molecule has 1 aliphatic carbocycles. The average molecular weight is 671 g/mol. The van der Waals surface area contributed by atoms with Crippen molar-refractivity contribution < 1.29 is 25.5 Å². The average Bonchev–Trinajstić information content (AvgIpc) is 3.11. The molecule has 0 radical (unpaired) electrons. The van der Waals surface area contributed by atoms with E-state index in [2.05, 4.69) is 39.0 Å². The Balaban J connectivity index is 1.43. The zero-order chi connectivity index (χ0) is 35.7. The lowest BCUT2D eigenvalue weighted by atomic mass is 9.79. The van der Waals surface area contributed by atoms with E-state index in [-0.39, 0.29) is 17.2 Å². The van der Waals surface area contributed by atoms with Gasteiger partial charge in [-0.3, -0.25) is 0 Å². The standard InChI is InChI=1S/C45H50O5/c1-26-19-34(28(3)39(43(26)48)21-31-11-15-37(46)16-12-31)23-36-25-42(33-9-7-6-8-10-33)45(50)41(30(36)5)24-35-20-27(2)44(49)40(29(35)4)22-32-13-17-38(47)18-14-32/h11-20,25,33,46-50H,6-10,21-24H2,1-5H3. The molecule has 0 bridgehead atoms. The van der Waals surface area contributed by atoms with E-state index in [0.29, 0.717) is 43.1 Å². The van der Waals surface area contributed by atoms with Crippen molar-refractivity contribution in [1.29, 1.82) is 0 Å². The highest BCUT2D eigenvalue weighted by Crippen LogP contribution is 2.43. The number of phenolic OH excluding ortho intramolecular Hbond substituents is 5. The molecule has 5 aromatic rings. The van der Waals surface area contributed by atoms with E-state index in [1.807, 2.05) is 38.1 Å². The van der Waals surface area contributed by atoms with Crippen LogP contribution in [0.4, 0.5) is 0 Å². The Kier molecular flexibility index (Phi) is 10.2. The molecule has 0 spiro atoms. The van der Waals surface area contributed by atoms with Crippen LogP contribution in [0.5, 0.6) is 28.7 Å². The van der Waals surface area contributed by atoms with Crippen LogP contribution in [0.25, 0.3) is 0 Å². The van der Waals surface area contributed by atoms with Crippen LogP contribution in [-0.2, 0) is 25.7 Å². The third kappa shape index (κ3) is 7.19. The van der Waals surface area contributed by atoms with E-state index >= 15 is 0 Å². The Bertz CT molecular complexity index is 2020. The van der Waals surface area contributed by atoms with Gasteiger partial charge in [0.25, 0.3) is 0 Å². The topological polar surface area (TPSA) is 101 Å². The monoisotopic (exact) mass is 670 g/mol. The first-order chi connectivity index (χ1) is 23.9. The van der Waals surface area contributed by atoms with E-state index in [1.165, 1.54) is 12.0 Å². The van der Waals surface area contributed by atoms with E-state index in [4.69, 9.17) is 0 Å². The third-order valence-electron chi connectivity index (χ3n) is 11.2. The van der Waals surface area contributed by atoms with Gasteiger partial charge in [0.05, 0.1) is 0 Å². The minimum atomic E-state index is 0.213. The van der Waals surface area contributed by atoms with Crippen molar-refractivity contribution >= 4 is 0 Å². The molecular formula is C45H50O5. The molecule has 6 rings (SSSR count). The van der Waals surface area contributed by atoms with Crippen LogP contribution in [-0.4, -0.2) is 25.5 Å². The Labute approximate surface area is 296 Å². The quantitative estimate of drug-likeness (QED) is 0.107. The molecule has 0 amide bonds. The van der Waals surface area contributed by atoms with E-state index in [0.717, 1.165) is 98.0 Å². The van der Waals surface area contributed by atoms with Gasteiger partial charge in [-0.15, -0.1) is 0 Å². The molecular weight excluding hydrogens is 620 g/mol. The summed E-state index contributed by atoms with van der Waals surface area (Å²) in [6.45, 7) is 10.1. The summed E-state index contributed by atoms with van der Waals surface area (Å²) >= 11 is 0. The second-order valence-electron chi connectivity index (χ2n) is 14.6. The molecule has 0 heterocycles. The van der Waals surface area contributed by atoms with Gasteiger partial charge in [-0.1, -0.05) is 61.7 Å². The number of hydrogen-bond donors (Lipinski definition) is 5. The van der Waals surface area contributed by atoms with E-state index in [9.17, 15) is 25.5 Å². The first-order valence-electron chi connectivity index (χ1n) is 17.9. The number of rotatable bonds is 9. The SMILES string of the molecule is Cc1cc(Cc2cc(C3CCCCC3)c(O)c(Cc3cc(C)c(O)c(Cc4ccc(O)cc4)c3C)c2C)c(C)c(Cc2ccc(O)cc2)c1O. The van der Waals surface area contributed by atoms with Crippen LogP contribution in [0.1, 0.15) is 116 Å². The molecule has 1 saturated carbocycles. The number of hydrogen-bond acceptors (Lipinski definition) is 5. The second kappa shape index (κ2) is 14.5. The van der Waals surface area contributed by atoms with Gasteiger partial charge in [0, 0.05) is 36.0 Å². The number of aryl methyl sites for hydroxylation is 2. The summed E-state index contributed by atoms with van der Waals surface area (Å²) in [6.07, 6.45) is 8.01. The summed E-state index contributed by atoms with van der Waals surface area (Å²) < 4.78 is 0. The predicted molar refractivity (Wildman–Crippen MR) is 201 cm³/mol. The maximum absolute atomic E-state index is 12.1. The third-order valence-corrected chi connectivity index (χ3v) is 11.2. The molecule has 0 saturated heterocycles. The largest absolute Gasteiger partial charge is 0.508 e. The molecule has 5 nitrogen and oxygen atoms in total. The summed E-state index contributed by atoms with van der Waals surface area (Å²) in [5, 5.41) is 54.0. The van der Waals surface area contributed by atoms with E-state index in [1.54, 1.807) is 24.3 Å². The van der Waals surface area contributed by atoms with Crippen LogP contribution >= 0.6 is 0 Å². The molecule has 1 aliphatic rings. The summed E-state index contributed by atoms with van der Waals surface area (Å²) in [4.78, 5) is 0. The van der Waals surface area contributed by atoms with Crippen molar-refractivity contribution in [1.82, 2.24) is 0 Å². The van der Waals surface area contributed by atoms with Gasteiger partial charge in [-0.25, -0.2) is 0 Å². The zero-order valence-corrected chi connectivity index (χ0v) is 30.0. The van der Waals surface area contributed by atoms with Gasteiger partial charge in [-0.05, 0) is 145 Å². The van der Waals surface area contributed by atoms with Gasteiger partial charge in [-0.2, -0.15) is 0 Å². The van der Waals surface area contributed by atoms with E-state index < -0.39 is 0 Å². The molecule has 260 valence electrons. The van der Waals surface area contributed by atoms with Gasteiger partial charge < -0.3 is 25.5 Å². The summed E-state index contributed by atoms with van der Waals surface area (Å²) in [5.41, 5.74) is 13.9. The Morgan fingerprint density at radius 3 is 1.32 bits per heavy atom. The number of benzene rings is 5. The predicted octanol–water partition coefficient (Wildman–Crippen LogP) is 10.2. The lowest BCUT2D eigenvalue weighted by molar-refractivity contribution is 0.411. The van der Waals surface area contributed by atoms with Gasteiger partial charge in [0.1, 0.15) is 28.7 Å². The molecule has 0 unspecified atom stereocenters. The molecule has 5 N–H and O–H groups in total. The molecule has 1 fully saturated rings. The molecule has 5 heteroatoms. The Hall–Kier alpha value is -4.90. The molecule has 0 aromatic heterocycles. The summed E-state index contributed by atoms with van der Waals surface area (Å²) in [6, 6.07) is 20.7. The lowest BCUT2D eigenvalue weighted by Crippen LogP contribution is -2.10. The van der Waals surface area contributed by atoms with Crippen molar-refractivity contribution in [2.45, 2.75) is 98.3 Å². The second-order valence-corrected chi connectivity index (χ2v) is 14.6. The highest BCUT2D eigenvalue weighted by atomic mass is 16.3. The first kappa shape index (κ1) is 34.9. The maximum atomic E-state index is 12.1. The molecule has 50 heavy (non-hydrogen) atoms. The molecule has 5 aromatic carbocycles. The van der Waals surface area contributed by atoms with Crippen LogP contribution in [0.2, 0.25) is 0 Å².